The maximum atomic E-state index is 13.2. The fraction of sp³-hybridized carbons (Fsp3) is 0.231. The minimum absolute atomic E-state index is 0.173. The van der Waals surface area contributed by atoms with Crippen LogP contribution in [0.15, 0.2) is 78.9 Å². The molecular weight excluding hydrogens is 388 g/mol. The lowest BCUT2D eigenvalue weighted by Gasteiger charge is -2.23. The lowest BCUT2D eigenvalue weighted by atomic mass is 10.1. The van der Waals surface area contributed by atoms with Gasteiger partial charge in [-0.1, -0.05) is 49.4 Å². The Balaban J connectivity index is 1.74. The third-order valence-electron chi connectivity index (χ3n) is 5.06. The van der Waals surface area contributed by atoms with Crippen LogP contribution in [0.2, 0.25) is 0 Å². The standard InChI is InChI=1S/C26H28N2O3/c1-4-20-15-17-22(18-16-20)31-19(3)25(29)27-24-14-10-9-13-23(24)26(30)28(5-2)21-11-7-6-8-12-21/h6-19H,4-5H2,1-3H3,(H,27,29). The molecule has 2 amide bonds. The Hall–Kier alpha value is -3.60. The van der Waals surface area contributed by atoms with Crippen molar-refractivity contribution in [3.63, 3.8) is 0 Å². The molecule has 5 heteroatoms. The van der Waals surface area contributed by atoms with Gasteiger partial charge in [-0.3, -0.25) is 9.59 Å². The summed E-state index contributed by atoms with van der Waals surface area (Å²) >= 11 is 0. The fourth-order valence-electron chi connectivity index (χ4n) is 3.27. The lowest BCUT2D eigenvalue weighted by molar-refractivity contribution is -0.122. The van der Waals surface area contributed by atoms with E-state index in [1.165, 1.54) is 5.56 Å². The van der Waals surface area contributed by atoms with Crippen molar-refractivity contribution in [1.29, 1.82) is 0 Å². The largest absolute Gasteiger partial charge is 0.481 e. The Kier molecular flexibility index (Phi) is 7.44. The predicted octanol–water partition coefficient (Wildman–Crippen LogP) is 5.32. The highest BCUT2D eigenvalue weighted by molar-refractivity contribution is 6.11. The minimum Gasteiger partial charge on any atom is -0.481 e. The van der Waals surface area contributed by atoms with Crippen LogP contribution in [0.3, 0.4) is 0 Å². The molecule has 0 aliphatic carbocycles. The van der Waals surface area contributed by atoms with Gasteiger partial charge in [0.05, 0.1) is 11.3 Å². The summed E-state index contributed by atoms with van der Waals surface area (Å²) in [5, 5.41) is 2.85. The molecule has 0 bridgehead atoms. The van der Waals surface area contributed by atoms with Crippen molar-refractivity contribution in [2.75, 3.05) is 16.8 Å². The number of aryl methyl sites for hydroxylation is 1. The van der Waals surface area contributed by atoms with E-state index in [0.29, 0.717) is 23.5 Å². The molecule has 1 unspecified atom stereocenters. The Bertz CT molecular complexity index is 1020. The van der Waals surface area contributed by atoms with E-state index in [9.17, 15) is 9.59 Å². The highest BCUT2D eigenvalue weighted by atomic mass is 16.5. The molecule has 0 heterocycles. The highest BCUT2D eigenvalue weighted by Gasteiger charge is 2.22. The van der Waals surface area contributed by atoms with E-state index in [1.807, 2.05) is 61.5 Å². The minimum atomic E-state index is -0.716. The van der Waals surface area contributed by atoms with Crippen LogP contribution < -0.4 is 15.0 Å². The van der Waals surface area contributed by atoms with Gasteiger partial charge in [0.25, 0.3) is 11.8 Å². The number of carbonyl (C=O) groups is 2. The maximum absolute atomic E-state index is 13.2. The molecule has 5 nitrogen and oxygen atoms in total. The second kappa shape index (κ2) is 10.4. The number of carbonyl (C=O) groups excluding carboxylic acids is 2. The van der Waals surface area contributed by atoms with E-state index in [-0.39, 0.29) is 11.8 Å². The molecule has 3 rings (SSSR count). The van der Waals surface area contributed by atoms with Gasteiger partial charge >= 0.3 is 0 Å². The van der Waals surface area contributed by atoms with Gasteiger partial charge in [0.15, 0.2) is 6.10 Å². The number of ether oxygens (including phenoxy) is 1. The zero-order valence-electron chi connectivity index (χ0n) is 18.2. The number of nitrogens with one attached hydrogen (secondary N) is 1. The van der Waals surface area contributed by atoms with Gasteiger partial charge in [-0.25, -0.2) is 0 Å². The summed E-state index contributed by atoms with van der Waals surface area (Å²) in [6, 6.07) is 24.2. The molecule has 0 saturated carbocycles. The maximum Gasteiger partial charge on any atom is 0.265 e. The van der Waals surface area contributed by atoms with Crippen LogP contribution in [-0.4, -0.2) is 24.5 Å². The molecule has 0 aromatic heterocycles. The second-order valence-electron chi connectivity index (χ2n) is 7.18. The van der Waals surface area contributed by atoms with Gasteiger partial charge in [0, 0.05) is 12.2 Å². The van der Waals surface area contributed by atoms with Gasteiger partial charge < -0.3 is 15.0 Å². The average molecular weight is 417 g/mol. The van der Waals surface area contributed by atoms with Gasteiger partial charge in [0.1, 0.15) is 5.75 Å². The Labute approximate surface area is 183 Å². The van der Waals surface area contributed by atoms with Crippen LogP contribution in [0.25, 0.3) is 0 Å². The van der Waals surface area contributed by atoms with Crippen LogP contribution in [0.4, 0.5) is 11.4 Å². The van der Waals surface area contributed by atoms with Crippen LogP contribution in [0.1, 0.15) is 36.7 Å². The first kappa shape index (κ1) is 22.1. The number of rotatable bonds is 8. The quantitative estimate of drug-likeness (QED) is 0.541. The zero-order chi connectivity index (χ0) is 22.2. The van der Waals surface area contributed by atoms with Crippen molar-refractivity contribution in [3.05, 3.63) is 90.0 Å². The van der Waals surface area contributed by atoms with Gasteiger partial charge in [-0.2, -0.15) is 0 Å². The molecule has 0 fully saturated rings. The molecule has 160 valence electrons. The predicted molar refractivity (Wildman–Crippen MR) is 125 cm³/mol. The number of hydrogen-bond donors (Lipinski definition) is 1. The molecule has 0 saturated heterocycles. The lowest BCUT2D eigenvalue weighted by Crippen LogP contribution is -2.33. The topological polar surface area (TPSA) is 58.6 Å². The molecule has 31 heavy (non-hydrogen) atoms. The summed E-state index contributed by atoms with van der Waals surface area (Å²) in [4.78, 5) is 27.7. The molecule has 0 radical (unpaired) electrons. The molecule has 1 N–H and O–H groups in total. The first-order valence-electron chi connectivity index (χ1n) is 10.6. The SMILES string of the molecule is CCc1ccc(OC(C)C(=O)Nc2ccccc2C(=O)N(CC)c2ccccc2)cc1. The van der Waals surface area contributed by atoms with Gasteiger partial charge in [-0.15, -0.1) is 0 Å². The van der Waals surface area contributed by atoms with E-state index in [1.54, 1.807) is 36.1 Å². The van der Waals surface area contributed by atoms with Gasteiger partial charge in [0.2, 0.25) is 0 Å². The van der Waals surface area contributed by atoms with Crippen molar-refractivity contribution in [2.45, 2.75) is 33.3 Å². The normalized spacial score (nSPS) is 11.5. The second-order valence-corrected chi connectivity index (χ2v) is 7.18. The number of benzene rings is 3. The molecule has 0 spiro atoms. The molecule has 3 aromatic carbocycles. The fourth-order valence-corrected chi connectivity index (χ4v) is 3.27. The van der Waals surface area contributed by atoms with Crippen molar-refractivity contribution < 1.29 is 14.3 Å². The van der Waals surface area contributed by atoms with Crippen LogP contribution >= 0.6 is 0 Å². The monoisotopic (exact) mass is 416 g/mol. The Morgan fingerprint density at radius 2 is 1.55 bits per heavy atom. The van der Waals surface area contributed by atoms with Crippen LogP contribution in [0.5, 0.6) is 5.75 Å². The number of nitrogens with zero attached hydrogens (tertiary/aromatic N) is 1. The van der Waals surface area contributed by atoms with Crippen molar-refractivity contribution in [3.8, 4) is 5.75 Å². The zero-order valence-corrected chi connectivity index (χ0v) is 18.2. The van der Waals surface area contributed by atoms with E-state index in [0.717, 1.165) is 12.1 Å². The van der Waals surface area contributed by atoms with E-state index >= 15 is 0 Å². The smallest absolute Gasteiger partial charge is 0.265 e. The summed E-state index contributed by atoms with van der Waals surface area (Å²) in [6.45, 7) is 6.21. The highest BCUT2D eigenvalue weighted by Crippen LogP contribution is 2.22. The molecule has 0 aliphatic heterocycles. The summed E-state index contributed by atoms with van der Waals surface area (Å²) in [7, 11) is 0. The summed E-state index contributed by atoms with van der Waals surface area (Å²) in [5.74, 6) is 0.140. The average Bonchev–Trinajstić information content (AvgIpc) is 2.81. The summed E-state index contributed by atoms with van der Waals surface area (Å²) < 4.78 is 5.78. The summed E-state index contributed by atoms with van der Waals surface area (Å²) in [5.41, 5.74) is 2.91. The van der Waals surface area contributed by atoms with Crippen molar-refractivity contribution in [2.24, 2.45) is 0 Å². The first-order valence-corrected chi connectivity index (χ1v) is 10.6. The third kappa shape index (κ3) is 5.51. The van der Waals surface area contributed by atoms with E-state index in [2.05, 4.69) is 12.2 Å². The number of para-hydroxylation sites is 2. The third-order valence-corrected chi connectivity index (χ3v) is 5.06. The van der Waals surface area contributed by atoms with Crippen LogP contribution in [-0.2, 0) is 11.2 Å². The van der Waals surface area contributed by atoms with Crippen molar-refractivity contribution >= 4 is 23.2 Å². The first-order chi connectivity index (χ1) is 15.0. The van der Waals surface area contributed by atoms with Gasteiger partial charge in [-0.05, 0) is 62.2 Å². The molecular formula is C26H28N2O3. The Morgan fingerprint density at radius 1 is 0.903 bits per heavy atom. The van der Waals surface area contributed by atoms with Crippen LogP contribution in [0, 0.1) is 0 Å². The number of amides is 2. The molecule has 0 aliphatic rings. The molecule has 1 atom stereocenters. The van der Waals surface area contributed by atoms with Crippen molar-refractivity contribution in [1.82, 2.24) is 0 Å². The summed E-state index contributed by atoms with van der Waals surface area (Å²) in [6.07, 6.45) is 0.228. The molecule has 3 aromatic rings. The van der Waals surface area contributed by atoms with E-state index in [4.69, 9.17) is 4.74 Å². The number of hydrogen-bond acceptors (Lipinski definition) is 3. The Morgan fingerprint density at radius 3 is 2.19 bits per heavy atom. The number of anilines is 2. The van der Waals surface area contributed by atoms with E-state index < -0.39 is 6.10 Å².